The molecule has 4 N–H and O–H groups in total. The first-order valence-corrected chi connectivity index (χ1v) is 47.1. The quantitative estimate of drug-likeness (QED) is 0.00798. The lowest BCUT2D eigenvalue weighted by molar-refractivity contribution is -0.431. The topological polar surface area (TPSA) is 533 Å². The third-order valence-electron chi connectivity index (χ3n) is 15.2. The monoisotopic (exact) mass is 1750 g/mol. The van der Waals surface area contributed by atoms with E-state index in [1.807, 2.05) is 0 Å². The molecule has 0 saturated heterocycles. The van der Waals surface area contributed by atoms with Crippen molar-refractivity contribution < 1.29 is 143 Å². The number of hydrogen-bond acceptors (Lipinski definition) is 36. The Labute approximate surface area is 662 Å². The van der Waals surface area contributed by atoms with Crippen molar-refractivity contribution in [1.29, 1.82) is 0 Å². The zero-order valence-corrected chi connectivity index (χ0v) is 68.7. The van der Waals surface area contributed by atoms with Gasteiger partial charge in [-0.1, -0.05) is 24.3 Å². The van der Waals surface area contributed by atoms with Gasteiger partial charge in [-0.2, -0.15) is 4.86 Å². The maximum Gasteiger partial charge on any atom is 0.456 e. The van der Waals surface area contributed by atoms with Crippen molar-refractivity contribution in [2.24, 2.45) is 9.62 Å². The number of nitrogens with zero attached hydrogens (tertiary/aromatic N) is 7. The first-order valence-electron chi connectivity index (χ1n) is 32.9. The molecule has 8 aromatic carbocycles. The summed E-state index contributed by atoms with van der Waals surface area (Å²) >= 11 is 6.19. The summed E-state index contributed by atoms with van der Waals surface area (Å²) in [5, 5.41) is 4.64. The van der Waals surface area contributed by atoms with E-state index in [4.69, 9.17) is 86.4 Å². The lowest BCUT2D eigenvalue weighted by Crippen LogP contribution is -2.47. The molecule has 0 aliphatic carbocycles. The highest BCUT2D eigenvalue weighted by Crippen LogP contribution is 2.96. The molecule has 2 atom stereocenters. The van der Waals surface area contributed by atoms with E-state index < -0.39 is 118 Å². The fourth-order valence-corrected chi connectivity index (χ4v) is 24.3. The summed E-state index contributed by atoms with van der Waals surface area (Å²) < 4.78 is 85.7. The molecule has 0 spiro atoms. The van der Waals surface area contributed by atoms with Crippen LogP contribution >= 0.6 is 62.5 Å². The van der Waals surface area contributed by atoms with Gasteiger partial charge in [0.1, 0.15) is 11.5 Å². The second-order valence-corrected chi connectivity index (χ2v) is 39.7. The van der Waals surface area contributed by atoms with Crippen molar-refractivity contribution >= 4 is 111 Å². The number of hydrogen-bond donors (Lipinski definition) is 4. The van der Waals surface area contributed by atoms with Crippen molar-refractivity contribution in [3.05, 3.63) is 248 Å². The highest BCUT2D eigenvalue weighted by Gasteiger charge is 2.58. The van der Waals surface area contributed by atoms with Crippen LogP contribution < -0.4 is 75.3 Å². The molecule has 0 aromatic heterocycles. The van der Waals surface area contributed by atoms with E-state index in [0.717, 1.165) is 4.90 Å². The standard InChI is InChI=1S/C68H75N7O30P8S/c1-73(113(114,104-62-23-7-48(8-24-62)39-41-74(44-106(81,82)83)45-107(84,85)86)105-63-25-9-49(10-26-63)40-42-75(46-108(87,88)89)47-109(90,91)92)69-43-50-11-27-56(28-12-50)98-110(99-57-29-13-51(14-30-57)64(76)93-2)70-111(100-58-31-15-52(16-32-58)65(77)94-3,101-59-33-17-53(18-34-59)66(78)95-4)72-112(71-110,102-60-35-19-54(20-36-60)67(79)96-5)103-61-37-21-55(22-38-61)68(80)97-6/h7-38,43H,39-42,44-47H2,1-6H3,(H2,81,82,83)(H2,84,85,86)(H2,87,88,89)(H2,90,91,92)/p-4/b69-43-. The Morgan fingerprint density at radius 3 is 1.04 bits per heavy atom. The van der Waals surface area contributed by atoms with Gasteiger partial charge in [0.05, 0.1) is 89.2 Å². The summed E-state index contributed by atoms with van der Waals surface area (Å²) in [5.74, 6) is -3.80. The zero-order chi connectivity index (χ0) is 82.9. The van der Waals surface area contributed by atoms with E-state index >= 15 is 0 Å². The summed E-state index contributed by atoms with van der Waals surface area (Å²) in [5.41, 5.74) is 1.76. The number of rotatable bonds is 38. The van der Waals surface area contributed by atoms with Gasteiger partial charge in [-0.25, -0.2) is 53.3 Å². The van der Waals surface area contributed by atoms with E-state index in [1.54, 1.807) is 12.1 Å². The van der Waals surface area contributed by atoms with Crippen LogP contribution in [0.2, 0.25) is 0 Å². The maximum absolute atomic E-state index is 12.9. The van der Waals surface area contributed by atoms with Gasteiger partial charge in [0.2, 0.25) is 15.9 Å². The summed E-state index contributed by atoms with van der Waals surface area (Å²) in [7, 11) is -31.2. The lowest BCUT2D eigenvalue weighted by atomic mass is 10.1. The predicted octanol–water partition coefficient (Wildman–Crippen LogP) is 6.53. The molecule has 0 radical (unpaired) electrons. The van der Waals surface area contributed by atoms with Crippen LogP contribution in [0.15, 0.2) is 204 Å². The Bertz CT molecular complexity index is 4430. The van der Waals surface area contributed by atoms with Crippen molar-refractivity contribution in [1.82, 2.24) is 14.6 Å². The van der Waals surface area contributed by atoms with Gasteiger partial charge in [0.15, 0.2) is 47.1 Å². The third kappa shape index (κ3) is 27.3. The van der Waals surface area contributed by atoms with Crippen LogP contribution in [-0.2, 0) is 48.8 Å². The minimum absolute atomic E-state index is 0.0455. The molecule has 1 heterocycles. The van der Waals surface area contributed by atoms with E-state index in [0.29, 0.717) is 21.6 Å². The van der Waals surface area contributed by atoms with E-state index in [-0.39, 0.29) is 99.7 Å². The second kappa shape index (κ2) is 39.3. The number of esters is 5. The SMILES string of the molecule is COC(=O)c1ccc(OP2(Oc3ccc(C(=O)OC)cc3)=N[P+](Oc3ccc(C(=O)OC)cc3)(Oc3ccc(C(=O)OC)cc3)[N-][P+](Oc3ccc(/C=N\N(C)[P+]([S-])(Oc4ccc(CCN(C[P+]([O-])([O-])[O-])C[P+]([O-])([O-])[O-])cc4)Oc4ccc(CCN(C[P+]([O-])(O)O)C[P+]([O-])(O)O)cc4)cc3)(Oc3ccc(C(=O)OC)cc3)[N-]2)cc1. The minimum atomic E-state index is -5.30. The van der Waals surface area contributed by atoms with Crippen molar-refractivity contribution in [3.63, 3.8) is 0 Å². The average Bonchev–Trinajstić information content (AvgIpc) is 0.728. The van der Waals surface area contributed by atoms with Gasteiger partial charge < -0.3 is 107 Å². The second-order valence-electron chi connectivity index (χ2n) is 24.0. The smallest absolute Gasteiger partial charge is 0.456 e. The van der Waals surface area contributed by atoms with Crippen LogP contribution in [-0.4, -0.2) is 151 Å². The maximum atomic E-state index is 12.9. The van der Waals surface area contributed by atoms with Gasteiger partial charge in [-0.3, -0.25) is 9.05 Å². The molecule has 1 aliphatic heterocycles. The van der Waals surface area contributed by atoms with E-state index in [1.165, 1.54) is 236 Å². The van der Waals surface area contributed by atoms with Crippen LogP contribution in [0.1, 0.15) is 68.5 Å². The molecule has 46 heteroatoms. The lowest BCUT2D eigenvalue weighted by Gasteiger charge is -2.49. The predicted molar refractivity (Wildman–Crippen MR) is 410 cm³/mol. The summed E-state index contributed by atoms with van der Waals surface area (Å²) in [6, 6.07) is 45.4. The van der Waals surface area contributed by atoms with Gasteiger partial charge in [0, 0.05) is 13.1 Å². The normalized spacial score (nSPS) is 15.3. The van der Waals surface area contributed by atoms with Crippen LogP contribution in [0.3, 0.4) is 0 Å². The molecule has 114 heavy (non-hydrogen) atoms. The summed E-state index contributed by atoms with van der Waals surface area (Å²) in [4.78, 5) is 208. The Morgan fingerprint density at radius 2 is 0.728 bits per heavy atom. The van der Waals surface area contributed by atoms with E-state index in [9.17, 15) is 82.7 Å². The number of methoxy groups -OCH3 is 5. The van der Waals surface area contributed by atoms with Gasteiger partial charge in [-0.15, -0.1) is 25.8 Å². The first-order chi connectivity index (χ1) is 53.8. The highest BCUT2D eigenvalue weighted by molar-refractivity contribution is 8.37. The molecule has 0 saturated carbocycles. The van der Waals surface area contributed by atoms with Gasteiger partial charge in [0.25, 0.3) is 8.02 Å². The first kappa shape index (κ1) is 89.9. The number of carbonyl (C=O) groups is 5. The molecule has 37 nitrogen and oxygen atoms in total. The Morgan fingerprint density at radius 1 is 0.439 bits per heavy atom. The zero-order valence-electron chi connectivity index (χ0n) is 60.7. The molecule has 0 amide bonds. The summed E-state index contributed by atoms with van der Waals surface area (Å²) in [6.07, 6.45) is -2.96. The van der Waals surface area contributed by atoms with Crippen molar-refractivity contribution in [3.8, 4) is 46.0 Å². The number of hydrazone groups is 1. The van der Waals surface area contributed by atoms with Gasteiger partial charge in [-0.05, 0) is 204 Å². The van der Waals surface area contributed by atoms with E-state index in [2.05, 4.69) is 5.10 Å². The Balaban J connectivity index is 1.14. The molecule has 8 aromatic rings. The molecule has 0 bridgehead atoms. The third-order valence-corrected chi connectivity index (χ3v) is 29.2. The van der Waals surface area contributed by atoms with Gasteiger partial charge >= 0.3 is 52.6 Å². The van der Waals surface area contributed by atoms with Crippen LogP contribution in [0.4, 0.5) is 0 Å². The molecule has 608 valence electrons. The molecular weight excluding hydrogens is 1670 g/mol. The highest BCUT2D eigenvalue weighted by atomic mass is 32.7. The number of ether oxygens (including phenoxy) is 5. The van der Waals surface area contributed by atoms with Crippen molar-refractivity contribution in [2.75, 3.05) is 80.8 Å². The molecule has 2 unspecified atom stereocenters. The number of benzene rings is 8. The molecule has 0 fully saturated rings. The van der Waals surface area contributed by atoms with Crippen molar-refractivity contribution in [2.45, 2.75) is 12.8 Å². The number of carbonyl (C=O) groups excluding carboxylic acids is 5. The van der Waals surface area contributed by atoms with Crippen LogP contribution in [0, 0.1) is 0 Å². The fraction of sp³-hybridized carbons (Fsp3) is 0.206. The van der Waals surface area contributed by atoms with Crippen LogP contribution in [0.25, 0.3) is 9.72 Å². The minimum Gasteiger partial charge on any atom is -0.687 e. The molecule has 9 rings (SSSR count). The summed E-state index contributed by atoms with van der Waals surface area (Å²) in [6.45, 7) is -0.514. The molecule has 1 aliphatic rings. The fourth-order valence-electron chi connectivity index (χ4n) is 10.1. The average molecular weight is 1750 g/mol. The van der Waals surface area contributed by atoms with Crippen LogP contribution in [0.5, 0.6) is 46.0 Å². The molecular formula is C68H71N7O30P8S-4. The Hall–Kier alpha value is -8.07. The largest absolute Gasteiger partial charge is 0.687 e. The Kier molecular flexibility index (Phi) is 30.9.